The first-order valence-corrected chi connectivity index (χ1v) is 9.04. The Morgan fingerprint density at radius 1 is 1.27 bits per heavy atom. The molecule has 1 amide bonds. The molecule has 22 heavy (non-hydrogen) atoms. The molecule has 1 aromatic carbocycles. The third kappa shape index (κ3) is 5.48. The molecule has 0 radical (unpaired) electrons. The van der Waals surface area contributed by atoms with Gasteiger partial charge in [0.25, 0.3) is 0 Å². The van der Waals surface area contributed by atoms with Gasteiger partial charge in [0, 0.05) is 21.6 Å². The number of aliphatic hydroxyl groups is 1. The van der Waals surface area contributed by atoms with Crippen LogP contribution in [0, 0.1) is 0 Å². The summed E-state index contributed by atoms with van der Waals surface area (Å²) >= 11 is 3.30. The molecule has 1 aromatic heterocycles. The molecule has 2 N–H and O–H groups in total. The van der Waals surface area contributed by atoms with Crippen molar-refractivity contribution in [3.05, 3.63) is 52.2 Å². The minimum Gasteiger partial charge on any atom is -0.386 e. The van der Waals surface area contributed by atoms with Gasteiger partial charge in [0.15, 0.2) is 0 Å². The van der Waals surface area contributed by atoms with Gasteiger partial charge in [-0.05, 0) is 29.1 Å². The number of nitrogens with one attached hydrogen (secondary N) is 1. The largest absolute Gasteiger partial charge is 0.386 e. The molecule has 3 nitrogen and oxygen atoms in total. The highest BCUT2D eigenvalue weighted by Gasteiger charge is 2.10. The Labute approximate surface area is 139 Å². The molecular weight excluding hydrogens is 314 g/mol. The van der Waals surface area contributed by atoms with Crippen LogP contribution in [0.15, 0.2) is 46.7 Å². The van der Waals surface area contributed by atoms with E-state index < -0.39 is 6.10 Å². The van der Waals surface area contributed by atoms with Crippen molar-refractivity contribution in [3.8, 4) is 0 Å². The summed E-state index contributed by atoms with van der Waals surface area (Å²) in [6, 6.07) is 11.8. The maximum absolute atomic E-state index is 11.9. The third-order valence-electron chi connectivity index (χ3n) is 3.02. The van der Waals surface area contributed by atoms with E-state index in [4.69, 9.17) is 0 Å². The van der Waals surface area contributed by atoms with E-state index in [2.05, 4.69) is 19.2 Å². The van der Waals surface area contributed by atoms with Crippen molar-refractivity contribution in [2.45, 2.75) is 36.5 Å². The predicted octanol–water partition coefficient (Wildman–Crippen LogP) is 3.64. The van der Waals surface area contributed by atoms with Crippen LogP contribution in [-0.4, -0.2) is 22.8 Å². The van der Waals surface area contributed by atoms with Crippen LogP contribution in [-0.2, 0) is 11.2 Å². The van der Waals surface area contributed by atoms with Crippen molar-refractivity contribution in [1.82, 2.24) is 5.32 Å². The molecule has 5 heteroatoms. The summed E-state index contributed by atoms with van der Waals surface area (Å²) in [6.07, 6.45) is -0.294. The van der Waals surface area contributed by atoms with Gasteiger partial charge in [0.1, 0.15) is 6.10 Å². The minimum atomic E-state index is -0.631. The first-order chi connectivity index (χ1) is 10.5. The summed E-state index contributed by atoms with van der Waals surface area (Å²) in [4.78, 5) is 14.0. The van der Waals surface area contributed by atoms with E-state index in [1.165, 1.54) is 16.2 Å². The van der Waals surface area contributed by atoms with Gasteiger partial charge < -0.3 is 10.4 Å². The number of carbonyl (C=O) groups is 1. The van der Waals surface area contributed by atoms with Gasteiger partial charge in [-0.3, -0.25) is 4.79 Å². The molecule has 2 aromatic rings. The minimum absolute atomic E-state index is 0.0696. The van der Waals surface area contributed by atoms with Crippen molar-refractivity contribution in [1.29, 1.82) is 0 Å². The average molecular weight is 335 g/mol. The highest BCUT2D eigenvalue weighted by Crippen LogP contribution is 2.23. The number of thiophene rings is 1. The van der Waals surface area contributed by atoms with Crippen LogP contribution in [0.2, 0.25) is 0 Å². The van der Waals surface area contributed by atoms with Gasteiger partial charge in [-0.15, -0.1) is 23.1 Å². The lowest BCUT2D eigenvalue weighted by Crippen LogP contribution is -2.29. The lowest BCUT2D eigenvalue weighted by Gasteiger charge is -2.10. The monoisotopic (exact) mass is 335 g/mol. The lowest BCUT2D eigenvalue weighted by molar-refractivity contribution is -0.120. The zero-order valence-corrected chi connectivity index (χ0v) is 14.4. The molecule has 0 bridgehead atoms. The van der Waals surface area contributed by atoms with E-state index in [0.29, 0.717) is 11.7 Å². The van der Waals surface area contributed by atoms with Crippen LogP contribution in [0.1, 0.15) is 30.4 Å². The molecule has 0 spiro atoms. The van der Waals surface area contributed by atoms with E-state index in [9.17, 15) is 9.90 Å². The number of hydrogen-bond donors (Lipinski definition) is 2. The Morgan fingerprint density at radius 3 is 2.59 bits per heavy atom. The van der Waals surface area contributed by atoms with E-state index >= 15 is 0 Å². The van der Waals surface area contributed by atoms with E-state index in [0.717, 1.165) is 10.4 Å². The van der Waals surface area contributed by atoms with Crippen LogP contribution < -0.4 is 5.32 Å². The summed E-state index contributed by atoms with van der Waals surface area (Å²) in [6.45, 7) is 4.57. The smallest absolute Gasteiger partial charge is 0.224 e. The fourth-order valence-electron chi connectivity index (χ4n) is 2.00. The number of rotatable bonds is 7. The van der Waals surface area contributed by atoms with Crippen molar-refractivity contribution in [2.75, 3.05) is 6.54 Å². The Bertz CT molecular complexity index is 579. The Balaban J connectivity index is 1.79. The Hall–Kier alpha value is -1.30. The molecule has 0 saturated carbocycles. The molecule has 1 heterocycles. The quantitative estimate of drug-likeness (QED) is 0.760. The first kappa shape index (κ1) is 17.1. The van der Waals surface area contributed by atoms with Gasteiger partial charge in [0.2, 0.25) is 5.91 Å². The summed E-state index contributed by atoms with van der Waals surface area (Å²) in [5.74, 6) is -0.0696. The number of hydrogen-bond acceptors (Lipinski definition) is 4. The van der Waals surface area contributed by atoms with Gasteiger partial charge in [0.05, 0.1) is 6.42 Å². The van der Waals surface area contributed by atoms with Crippen molar-refractivity contribution in [2.24, 2.45) is 0 Å². The third-order valence-corrected chi connectivity index (χ3v) is 5.01. The number of amides is 1. The van der Waals surface area contributed by atoms with Crippen LogP contribution in [0.25, 0.3) is 0 Å². The highest BCUT2D eigenvalue weighted by molar-refractivity contribution is 7.99. The second kappa shape index (κ2) is 8.36. The van der Waals surface area contributed by atoms with Crippen molar-refractivity contribution < 1.29 is 9.90 Å². The molecule has 1 atom stereocenters. The molecule has 0 fully saturated rings. The number of benzene rings is 1. The number of aliphatic hydroxyl groups excluding tert-OH is 1. The van der Waals surface area contributed by atoms with E-state index in [1.807, 2.05) is 41.8 Å². The normalized spacial score (nSPS) is 12.4. The van der Waals surface area contributed by atoms with Crippen molar-refractivity contribution >= 4 is 29.0 Å². The summed E-state index contributed by atoms with van der Waals surface area (Å²) < 4.78 is 0. The van der Waals surface area contributed by atoms with Gasteiger partial charge in [-0.1, -0.05) is 32.0 Å². The molecule has 1 unspecified atom stereocenters. The van der Waals surface area contributed by atoms with Crippen LogP contribution in [0.5, 0.6) is 0 Å². The summed E-state index contributed by atoms with van der Waals surface area (Å²) in [5.41, 5.74) is 0.983. The fourth-order valence-corrected chi connectivity index (χ4v) is 3.55. The van der Waals surface area contributed by atoms with Crippen molar-refractivity contribution in [3.63, 3.8) is 0 Å². The Kier molecular flexibility index (Phi) is 6.49. The molecular formula is C17H21NO2S2. The van der Waals surface area contributed by atoms with Gasteiger partial charge in [-0.25, -0.2) is 0 Å². The fraction of sp³-hybridized carbons (Fsp3) is 0.353. The zero-order chi connectivity index (χ0) is 15.9. The van der Waals surface area contributed by atoms with Gasteiger partial charge >= 0.3 is 0 Å². The highest BCUT2D eigenvalue weighted by atomic mass is 32.2. The van der Waals surface area contributed by atoms with Gasteiger partial charge in [-0.2, -0.15) is 0 Å². The van der Waals surface area contributed by atoms with E-state index in [1.54, 1.807) is 11.8 Å². The predicted molar refractivity (Wildman–Crippen MR) is 93.4 cm³/mol. The first-order valence-electron chi connectivity index (χ1n) is 7.28. The molecule has 0 aliphatic rings. The van der Waals surface area contributed by atoms with Crippen LogP contribution in [0.4, 0.5) is 0 Å². The number of carbonyl (C=O) groups excluding carboxylic acids is 1. The van der Waals surface area contributed by atoms with Crippen LogP contribution >= 0.6 is 23.1 Å². The SMILES string of the molecule is CC(C)Sc1ccc(CC(=O)NCC(O)c2cccs2)cc1. The zero-order valence-electron chi connectivity index (χ0n) is 12.8. The second-order valence-electron chi connectivity index (χ2n) is 5.32. The maximum atomic E-state index is 11.9. The molecule has 0 saturated heterocycles. The van der Waals surface area contributed by atoms with E-state index in [-0.39, 0.29) is 12.5 Å². The second-order valence-corrected chi connectivity index (χ2v) is 7.95. The average Bonchev–Trinajstić information content (AvgIpc) is 3.00. The molecule has 2 rings (SSSR count). The maximum Gasteiger partial charge on any atom is 0.224 e. The number of thioether (sulfide) groups is 1. The Morgan fingerprint density at radius 2 is 2.00 bits per heavy atom. The lowest BCUT2D eigenvalue weighted by atomic mass is 10.1. The summed E-state index contributed by atoms with van der Waals surface area (Å²) in [5, 5.41) is 15.2. The molecule has 118 valence electrons. The van der Waals surface area contributed by atoms with Crippen LogP contribution in [0.3, 0.4) is 0 Å². The molecule has 0 aliphatic carbocycles. The molecule has 0 aliphatic heterocycles. The topological polar surface area (TPSA) is 49.3 Å². The summed E-state index contributed by atoms with van der Waals surface area (Å²) in [7, 11) is 0. The standard InChI is InChI=1S/C17H21NO2S2/c1-12(2)22-14-7-5-13(6-8-14)10-17(20)18-11-15(19)16-4-3-9-21-16/h3-9,12,15,19H,10-11H2,1-2H3,(H,18,20).